The molecule has 6 heteroatoms. The minimum Gasteiger partial charge on any atom is -0.342 e. The number of para-hydroxylation sites is 2. The molecule has 0 bridgehead atoms. The average Bonchev–Trinajstić information content (AvgIpc) is 3.12. The maximum Gasteiger partial charge on any atom is 0.255 e. The normalized spacial score (nSPS) is 12.5. The third-order valence-electron chi connectivity index (χ3n) is 4.80. The van der Waals surface area contributed by atoms with Gasteiger partial charge in [-0.05, 0) is 30.5 Å². The quantitative estimate of drug-likeness (QED) is 0.494. The highest BCUT2D eigenvalue weighted by Crippen LogP contribution is 2.23. The van der Waals surface area contributed by atoms with E-state index in [1.165, 1.54) is 6.20 Å². The van der Waals surface area contributed by atoms with E-state index < -0.39 is 0 Å². The Balaban J connectivity index is 1.70. The molecule has 0 radical (unpaired) electrons. The molecule has 0 aliphatic carbocycles. The van der Waals surface area contributed by atoms with E-state index in [2.05, 4.69) is 34.1 Å². The summed E-state index contributed by atoms with van der Waals surface area (Å²) in [4.78, 5) is 35.8. The maximum atomic E-state index is 13.1. The fourth-order valence-corrected chi connectivity index (χ4v) is 3.48. The van der Waals surface area contributed by atoms with Gasteiger partial charge in [0.15, 0.2) is 0 Å². The molecule has 4 aromatic rings. The number of benzene rings is 2. The number of imidazole rings is 1. The van der Waals surface area contributed by atoms with E-state index >= 15 is 0 Å². The van der Waals surface area contributed by atoms with Crippen LogP contribution in [0.25, 0.3) is 21.8 Å². The van der Waals surface area contributed by atoms with Crippen LogP contribution >= 0.6 is 0 Å². The molecule has 2 aromatic carbocycles. The van der Waals surface area contributed by atoms with Crippen molar-refractivity contribution in [2.45, 2.75) is 26.3 Å². The second kappa shape index (κ2) is 7.31. The first-order valence-corrected chi connectivity index (χ1v) is 9.39. The van der Waals surface area contributed by atoms with Crippen LogP contribution in [0.5, 0.6) is 0 Å². The number of amides is 1. The summed E-state index contributed by atoms with van der Waals surface area (Å²) < 4.78 is 0. The molecule has 0 saturated heterocycles. The van der Waals surface area contributed by atoms with Gasteiger partial charge in [-0.25, -0.2) is 4.98 Å². The Morgan fingerprint density at radius 2 is 1.79 bits per heavy atom. The van der Waals surface area contributed by atoms with Gasteiger partial charge in [0.05, 0.1) is 22.6 Å². The number of hydrogen-bond acceptors (Lipinski definition) is 3. The van der Waals surface area contributed by atoms with Crippen LogP contribution in [0.3, 0.4) is 0 Å². The van der Waals surface area contributed by atoms with E-state index in [9.17, 15) is 9.59 Å². The first-order chi connectivity index (χ1) is 13.5. The Morgan fingerprint density at radius 3 is 2.54 bits per heavy atom. The van der Waals surface area contributed by atoms with Gasteiger partial charge in [-0.2, -0.15) is 0 Å². The molecule has 2 aromatic heterocycles. The van der Waals surface area contributed by atoms with Gasteiger partial charge >= 0.3 is 0 Å². The molecule has 1 atom stereocenters. The molecule has 1 amide bonds. The van der Waals surface area contributed by atoms with Crippen LogP contribution < -0.4 is 10.9 Å². The lowest BCUT2D eigenvalue weighted by molar-refractivity contribution is 0.0931. The molecule has 0 fully saturated rings. The SMILES string of the molecule is CC(C)CC(NC(=O)c1c[nH]c(=O)c2ccccc12)c1nc2ccccc2[nH]1. The van der Waals surface area contributed by atoms with Gasteiger partial charge < -0.3 is 15.3 Å². The molecule has 2 heterocycles. The zero-order valence-corrected chi connectivity index (χ0v) is 15.8. The highest BCUT2D eigenvalue weighted by molar-refractivity contribution is 6.06. The number of carbonyl (C=O) groups excluding carboxylic acids is 1. The summed E-state index contributed by atoms with van der Waals surface area (Å²) in [6.45, 7) is 4.22. The van der Waals surface area contributed by atoms with E-state index in [1.807, 2.05) is 30.3 Å². The van der Waals surface area contributed by atoms with E-state index in [4.69, 9.17) is 0 Å². The summed E-state index contributed by atoms with van der Waals surface area (Å²) in [6, 6.07) is 14.7. The Morgan fingerprint density at radius 1 is 1.07 bits per heavy atom. The lowest BCUT2D eigenvalue weighted by atomic mass is 10.0. The van der Waals surface area contributed by atoms with Crippen molar-refractivity contribution in [1.82, 2.24) is 20.3 Å². The third kappa shape index (κ3) is 3.41. The molecule has 6 nitrogen and oxygen atoms in total. The van der Waals surface area contributed by atoms with Crippen molar-refractivity contribution in [1.29, 1.82) is 0 Å². The molecule has 1 unspecified atom stereocenters. The number of nitrogens with one attached hydrogen (secondary N) is 3. The Labute approximate surface area is 162 Å². The minimum absolute atomic E-state index is 0.205. The van der Waals surface area contributed by atoms with Crippen LogP contribution in [0.15, 0.2) is 59.5 Å². The van der Waals surface area contributed by atoms with Crippen molar-refractivity contribution in [3.05, 3.63) is 76.5 Å². The largest absolute Gasteiger partial charge is 0.342 e. The summed E-state index contributed by atoms with van der Waals surface area (Å²) in [5.74, 6) is 0.862. The second-order valence-corrected chi connectivity index (χ2v) is 7.37. The monoisotopic (exact) mass is 374 g/mol. The summed E-state index contributed by atoms with van der Waals surface area (Å²) in [5.41, 5.74) is 2.05. The van der Waals surface area contributed by atoms with E-state index in [-0.39, 0.29) is 17.5 Å². The fourth-order valence-electron chi connectivity index (χ4n) is 3.48. The molecule has 0 aliphatic heterocycles. The molecule has 0 saturated carbocycles. The molecule has 142 valence electrons. The van der Waals surface area contributed by atoms with Gasteiger partial charge in [-0.15, -0.1) is 0 Å². The maximum absolute atomic E-state index is 13.1. The standard InChI is InChI=1S/C22H22N4O2/c1-13(2)11-19(20-24-17-9-5-6-10-18(17)25-20)26-22(28)16-12-23-21(27)15-8-4-3-7-14(15)16/h3-10,12-13,19H,11H2,1-2H3,(H,23,27)(H,24,25)(H,26,28). The molecule has 28 heavy (non-hydrogen) atoms. The lowest BCUT2D eigenvalue weighted by Crippen LogP contribution is -2.31. The number of carbonyl (C=O) groups is 1. The Kier molecular flexibility index (Phi) is 4.69. The predicted molar refractivity (Wildman–Crippen MR) is 110 cm³/mol. The first kappa shape index (κ1) is 18.0. The van der Waals surface area contributed by atoms with Crippen LogP contribution in [0.1, 0.15) is 42.5 Å². The van der Waals surface area contributed by atoms with Crippen molar-refractivity contribution in [3.8, 4) is 0 Å². The number of hydrogen-bond donors (Lipinski definition) is 3. The number of rotatable bonds is 5. The van der Waals surface area contributed by atoms with Gasteiger partial charge in [0.1, 0.15) is 5.82 Å². The molecule has 4 rings (SSSR count). The third-order valence-corrected chi connectivity index (χ3v) is 4.80. The highest BCUT2D eigenvalue weighted by atomic mass is 16.2. The number of H-pyrrole nitrogens is 2. The number of fused-ring (bicyclic) bond motifs is 2. The second-order valence-electron chi connectivity index (χ2n) is 7.37. The first-order valence-electron chi connectivity index (χ1n) is 9.39. The Hall–Kier alpha value is -3.41. The smallest absolute Gasteiger partial charge is 0.255 e. The van der Waals surface area contributed by atoms with Gasteiger partial charge in [0.2, 0.25) is 0 Å². The summed E-state index contributed by atoms with van der Waals surface area (Å²) in [5, 5.41) is 4.23. The number of aromatic nitrogens is 3. The van der Waals surface area contributed by atoms with Crippen molar-refractivity contribution in [3.63, 3.8) is 0 Å². The number of nitrogens with zero attached hydrogens (tertiary/aromatic N) is 1. The van der Waals surface area contributed by atoms with Crippen molar-refractivity contribution in [2.75, 3.05) is 0 Å². The molecule has 0 spiro atoms. The predicted octanol–water partition coefficient (Wildman–Crippen LogP) is 3.92. The fraction of sp³-hybridized carbons (Fsp3) is 0.227. The number of aromatic amines is 2. The van der Waals surface area contributed by atoms with Crippen LogP contribution in [0, 0.1) is 5.92 Å². The molecule has 3 N–H and O–H groups in total. The zero-order valence-electron chi connectivity index (χ0n) is 15.8. The van der Waals surface area contributed by atoms with Gasteiger partial charge in [0.25, 0.3) is 11.5 Å². The molecule has 0 aliphatic rings. The lowest BCUT2D eigenvalue weighted by Gasteiger charge is -2.19. The van der Waals surface area contributed by atoms with Crippen LogP contribution in [-0.4, -0.2) is 20.9 Å². The summed E-state index contributed by atoms with van der Waals surface area (Å²) >= 11 is 0. The van der Waals surface area contributed by atoms with E-state index in [0.717, 1.165) is 23.3 Å². The minimum atomic E-state index is -0.259. The van der Waals surface area contributed by atoms with Crippen LogP contribution in [0.2, 0.25) is 0 Å². The van der Waals surface area contributed by atoms with Crippen molar-refractivity contribution < 1.29 is 4.79 Å². The molecular weight excluding hydrogens is 352 g/mol. The zero-order chi connectivity index (χ0) is 19.7. The molecular formula is C22H22N4O2. The summed E-state index contributed by atoms with van der Waals surface area (Å²) in [6.07, 6.45) is 2.22. The topological polar surface area (TPSA) is 90.6 Å². The highest BCUT2D eigenvalue weighted by Gasteiger charge is 2.22. The summed E-state index contributed by atoms with van der Waals surface area (Å²) in [7, 11) is 0. The average molecular weight is 374 g/mol. The Bertz CT molecular complexity index is 1170. The van der Waals surface area contributed by atoms with Gasteiger partial charge in [0, 0.05) is 17.0 Å². The van der Waals surface area contributed by atoms with Crippen LogP contribution in [-0.2, 0) is 0 Å². The number of pyridine rings is 1. The van der Waals surface area contributed by atoms with E-state index in [0.29, 0.717) is 22.3 Å². The van der Waals surface area contributed by atoms with E-state index in [1.54, 1.807) is 18.2 Å². The van der Waals surface area contributed by atoms with Crippen molar-refractivity contribution >= 4 is 27.7 Å². The van der Waals surface area contributed by atoms with Gasteiger partial charge in [-0.3, -0.25) is 9.59 Å². The van der Waals surface area contributed by atoms with Gasteiger partial charge in [-0.1, -0.05) is 44.2 Å². The van der Waals surface area contributed by atoms with Crippen LogP contribution in [0.4, 0.5) is 0 Å². The van der Waals surface area contributed by atoms with Crippen molar-refractivity contribution in [2.24, 2.45) is 5.92 Å².